The van der Waals surface area contributed by atoms with Crippen molar-refractivity contribution < 1.29 is 14.3 Å². The van der Waals surface area contributed by atoms with E-state index in [1.807, 2.05) is 5.43 Å². The molecule has 0 aliphatic rings. The van der Waals surface area contributed by atoms with Crippen molar-refractivity contribution in [3.63, 3.8) is 0 Å². The average molecular weight is 199 g/mol. The zero-order valence-corrected chi connectivity index (χ0v) is 7.25. The molecule has 76 valence electrons. The summed E-state index contributed by atoms with van der Waals surface area (Å²) >= 11 is 0. The van der Waals surface area contributed by atoms with Gasteiger partial charge in [-0.3, -0.25) is 5.43 Å². The number of halogens is 1. The molecule has 1 rings (SSSR count). The lowest BCUT2D eigenvalue weighted by Crippen LogP contribution is -2.39. The average Bonchev–Trinajstić information content (AvgIpc) is 2.19. The second kappa shape index (κ2) is 4.43. The highest BCUT2D eigenvalue weighted by Gasteiger charge is 2.02. The quantitative estimate of drug-likeness (QED) is 0.312. The molecule has 5 N–H and O–H groups in total. The molecule has 0 heterocycles. The molecule has 0 saturated heterocycles. The van der Waals surface area contributed by atoms with Gasteiger partial charge in [0.15, 0.2) is 11.6 Å². The normalized spacial score (nSPS) is 9.57. The number of hydrogen-bond acceptors (Lipinski definition) is 3. The fourth-order valence-corrected chi connectivity index (χ4v) is 0.902. The molecular weight excluding hydrogens is 189 g/mol. The Morgan fingerprint density at radius 3 is 2.86 bits per heavy atom. The molecule has 0 atom stereocenters. The Bertz CT molecular complexity index is 343. The van der Waals surface area contributed by atoms with Gasteiger partial charge in [-0.25, -0.2) is 15.0 Å². The van der Waals surface area contributed by atoms with Gasteiger partial charge < -0.3 is 10.4 Å². The molecule has 0 bridgehead atoms. The summed E-state index contributed by atoms with van der Waals surface area (Å²) in [5.74, 6) is 3.67. The molecule has 6 heteroatoms. The van der Waals surface area contributed by atoms with Crippen LogP contribution < -0.4 is 16.6 Å². The minimum Gasteiger partial charge on any atom is -0.505 e. The van der Waals surface area contributed by atoms with E-state index in [0.29, 0.717) is 5.56 Å². The van der Waals surface area contributed by atoms with E-state index in [2.05, 4.69) is 5.32 Å². The van der Waals surface area contributed by atoms with Crippen LogP contribution in [-0.4, -0.2) is 11.1 Å². The highest BCUT2D eigenvalue weighted by atomic mass is 19.1. The van der Waals surface area contributed by atoms with Crippen LogP contribution in [0.5, 0.6) is 5.75 Å². The van der Waals surface area contributed by atoms with Crippen molar-refractivity contribution in [2.75, 3.05) is 0 Å². The summed E-state index contributed by atoms with van der Waals surface area (Å²) < 4.78 is 12.6. The SMILES string of the molecule is NNC(=O)NCc1ccc(F)c(O)c1. The van der Waals surface area contributed by atoms with Gasteiger partial charge in [-0.15, -0.1) is 0 Å². The van der Waals surface area contributed by atoms with E-state index in [-0.39, 0.29) is 6.54 Å². The van der Waals surface area contributed by atoms with Crippen LogP contribution in [0.4, 0.5) is 9.18 Å². The molecule has 0 fully saturated rings. The third-order valence-corrected chi connectivity index (χ3v) is 1.59. The van der Waals surface area contributed by atoms with E-state index in [4.69, 9.17) is 10.9 Å². The number of carbonyl (C=O) groups excluding carboxylic acids is 1. The van der Waals surface area contributed by atoms with Crippen molar-refractivity contribution in [1.29, 1.82) is 0 Å². The molecule has 0 aliphatic heterocycles. The molecule has 0 aliphatic carbocycles. The standard InChI is InChI=1S/C8H10FN3O2/c9-6-2-1-5(3-7(6)13)4-11-8(14)12-10/h1-3,13H,4,10H2,(H2,11,12,14). The number of nitrogens with one attached hydrogen (secondary N) is 2. The predicted octanol–water partition coefficient (Wildman–Crippen LogP) is 0.204. The molecule has 5 nitrogen and oxygen atoms in total. The number of carbonyl (C=O) groups is 1. The van der Waals surface area contributed by atoms with Crippen LogP contribution in [0.1, 0.15) is 5.56 Å². The maximum Gasteiger partial charge on any atom is 0.329 e. The Hall–Kier alpha value is -1.82. The Labute approximate surface area is 79.7 Å². The largest absolute Gasteiger partial charge is 0.505 e. The van der Waals surface area contributed by atoms with Crippen LogP contribution in [-0.2, 0) is 6.54 Å². The van der Waals surface area contributed by atoms with E-state index in [1.54, 1.807) is 0 Å². The van der Waals surface area contributed by atoms with E-state index >= 15 is 0 Å². The topological polar surface area (TPSA) is 87.4 Å². The van der Waals surface area contributed by atoms with Crippen LogP contribution in [0, 0.1) is 5.82 Å². The van der Waals surface area contributed by atoms with Crippen LogP contribution in [0.3, 0.4) is 0 Å². The number of nitrogens with two attached hydrogens (primary N) is 1. The highest BCUT2D eigenvalue weighted by molar-refractivity contribution is 5.73. The predicted molar refractivity (Wildman–Crippen MR) is 47.6 cm³/mol. The lowest BCUT2D eigenvalue weighted by atomic mass is 10.2. The summed E-state index contributed by atoms with van der Waals surface area (Å²) in [6, 6.07) is 3.25. The number of phenols is 1. The maximum atomic E-state index is 12.6. The molecule has 2 amide bonds. The lowest BCUT2D eigenvalue weighted by Gasteiger charge is -2.04. The van der Waals surface area contributed by atoms with E-state index in [1.165, 1.54) is 12.1 Å². The Balaban J connectivity index is 2.60. The first-order valence-electron chi connectivity index (χ1n) is 3.85. The fourth-order valence-electron chi connectivity index (χ4n) is 0.902. The van der Waals surface area contributed by atoms with Crippen molar-refractivity contribution in [2.24, 2.45) is 5.84 Å². The van der Waals surface area contributed by atoms with Crippen LogP contribution in [0.2, 0.25) is 0 Å². The zero-order chi connectivity index (χ0) is 10.6. The van der Waals surface area contributed by atoms with Gasteiger partial charge in [0.1, 0.15) is 0 Å². The number of phenolic OH excluding ortho intramolecular Hbond substituents is 1. The Kier molecular flexibility index (Phi) is 3.24. The lowest BCUT2D eigenvalue weighted by molar-refractivity contribution is 0.240. The smallest absolute Gasteiger partial charge is 0.329 e. The fraction of sp³-hybridized carbons (Fsp3) is 0.125. The van der Waals surface area contributed by atoms with Crippen molar-refractivity contribution in [3.8, 4) is 5.75 Å². The minimum absolute atomic E-state index is 0.164. The van der Waals surface area contributed by atoms with Gasteiger partial charge in [0.05, 0.1) is 0 Å². The summed E-state index contributed by atoms with van der Waals surface area (Å²) in [5.41, 5.74) is 2.45. The first-order valence-corrected chi connectivity index (χ1v) is 3.85. The molecule has 0 spiro atoms. The van der Waals surface area contributed by atoms with Gasteiger partial charge in [-0.05, 0) is 17.7 Å². The number of hydrogen-bond donors (Lipinski definition) is 4. The second-order valence-electron chi connectivity index (χ2n) is 2.61. The van der Waals surface area contributed by atoms with Gasteiger partial charge in [0, 0.05) is 6.54 Å². The highest BCUT2D eigenvalue weighted by Crippen LogP contribution is 2.16. The summed E-state index contributed by atoms with van der Waals surface area (Å²) in [6.45, 7) is 0.164. The maximum absolute atomic E-state index is 12.6. The second-order valence-corrected chi connectivity index (χ2v) is 2.61. The summed E-state index contributed by atoms with van der Waals surface area (Å²) in [5, 5.41) is 11.4. The number of aromatic hydroxyl groups is 1. The van der Waals surface area contributed by atoms with Crippen LogP contribution >= 0.6 is 0 Å². The Morgan fingerprint density at radius 1 is 1.57 bits per heavy atom. The molecule has 14 heavy (non-hydrogen) atoms. The number of benzene rings is 1. The van der Waals surface area contributed by atoms with Crippen molar-refractivity contribution in [1.82, 2.24) is 10.7 Å². The van der Waals surface area contributed by atoms with E-state index < -0.39 is 17.6 Å². The third-order valence-electron chi connectivity index (χ3n) is 1.59. The first kappa shape index (κ1) is 10.3. The molecule has 1 aromatic rings. The monoisotopic (exact) mass is 199 g/mol. The summed E-state index contributed by atoms with van der Waals surface area (Å²) in [6.07, 6.45) is 0. The summed E-state index contributed by atoms with van der Waals surface area (Å²) in [4.78, 5) is 10.7. The molecular formula is C8H10FN3O2. The first-order chi connectivity index (χ1) is 6.63. The van der Waals surface area contributed by atoms with Crippen molar-refractivity contribution in [3.05, 3.63) is 29.6 Å². The van der Waals surface area contributed by atoms with Gasteiger partial charge in [0.25, 0.3) is 0 Å². The van der Waals surface area contributed by atoms with Gasteiger partial charge >= 0.3 is 6.03 Å². The number of rotatable bonds is 2. The van der Waals surface area contributed by atoms with E-state index in [0.717, 1.165) is 6.07 Å². The molecule has 0 radical (unpaired) electrons. The Morgan fingerprint density at radius 2 is 2.29 bits per heavy atom. The van der Waals surface area contributed by atoms with Gasteiger partial charge in [-0.1, -0.05) is 6.07 Å². The number of hydrazine groups is 1. The van der Waals surface area contributed by atoms with Gasteiger partial charge in [-0.2, -0.15) is 0 Å². The minimum atomic E-state index is -0.697. The van der Waals surface area contributed by atoms with Crippen LogP contribution in [0.15, 0.2) is 18.2 Å². The molecule has 0 unspecified atom stereocenters. The van der Waals surface area contributed by atoms with E-state index in [9.17, 15) is 9.18 Å². The summed E-state index contributed by atoms with van der Waals surface area (Å²) in [7, 11) is 0. The van der Waals surface area contributed by atoms with Crippen LogP contribution in [0.25, 0.3) is 0 Å². The number of amides is 2. The molecule has 0 aromatic heterocycles. The molecule has 0 saturated carbocycles. The van der Waals surface area contributed by atoms with Crippen molar-refractivity contribution >= 4 is 6.03 Å². The molecule has 1 aromatic carbocycles. The third kappa shape index (κ3) is 2.60. The zero-order valence-electron chi connectivity index (χ0n) is 7.25. The van der Waals surface area contributed by atoms with Gasteiger partial charge in [0.2, 0.25) is 0 Å². The van der Waals surface area contributed by atoms with Crippen molar-refractivity contribution in [2.45, 2.75) is 6.54 Å². The number of urea groups is 1.